The van der Waals surface area contributed by atoms with Gasteiger partial charge in [-0.2, -0.15) is 17.6 Å². The summed E-state index contributed by atoms with van der Waals surface area (Å²) in [5.41, 5.74) is 4.93. The van der Waals surface area contributed by atoms with Crippen LogP contribution in [0.25, 0.3) is 0 Å². The van der Waals surface area contributed by atoms with Crippen molar-refractivity contribution >= 4 is 5.91 Å². The number of hydrogen-bond donors (Lipinski definition) is 4. The molecule has 0 aliphatic carbocycles. The Hall–Kier alpha value is -1.51. The summed E-state index contributed by atoms with van der Waals surface area (Å²) >= 11 is 0. The summed E-state index contributed by atoms with van der Waals surface area (Å²) < 4.78 is 91.8. The van der Waals surface area contributed by atoms with Crippen LogP contribution in [0.1, 0.15) is 6.42 Å². The molecule has 1 amide bonds. The SMILES string of the molecule is C=CCOCC(O)COCC(O)COCC(F)(F)OC(F)(F)COCOCCOCC(O)COCCC(N)=O. The fourth-order valence-electron chi connectivity index (χ4n) is 2.37. The Morgan fingerprint density at radius 3 is 1.74 bits per heavy atom. The molecule has 0 bridgehead atoms. The molecule has 0 aromatic rings. The van der Waals surface area contributed by atoms with E-state index in [1.165, 1.54) is 6.08 Å². The number of primary amides is 1. The van der Waals surface area contributed by atoms with Gasteiger partial charge in [0.05, 0.1) is 66.1 Å². The molecule has 3 atom stereocenters. The highest BCUT2D eigenvalue weighted by Gasteiger charge is 2.44. The van der Waals surface area contributed by atoms with E-state index in [0.717, 1.165) is 0 Å². The lowest BCUT2D eigenvalue weighted by Crippen LogP contribution is -2.40. The zero-order valence-corrected chi connectivity index (χ0v) is 21.5. The number of amides is 1. The van der Waals surface area contributed by atoms with Crippen LogP contribution in [-0.4, -0.2) is 138 Å². The first-order valence-electron chi connectivity index (χ1n) is 11.8. The predicted octanol–water partition coefficient (Wildman–Crippen LogP) is -0.594. The number of carbonyl (C=O) groups excluding carboxylic acids is 1. The molecule has 3 unspecified atom stereocenters. The number of rotatable bonds is 28. The monoisotopic (exact) mass is 585 g/mol. The van der Waals surface area contributed by atoms with Crippen LogP contribution in [0.3, 0.4) is 0 Å². The first kappa shape index (κ1) is 37.5. The maximum absolute atomic E-state index is 13.6. The summed E-state index contributed by atoms with van der Waals surface area (Å²) in [5, 5.41) is 28.7. The van der Waals surface area contributed by atoms with Gasteiger partial charge >= 0.3 is 12.2 Å². The van der Waals surface area contributed by atoms with Gasteiger partial charge in [0.25, 0.3) is 0 Å². The third-order valence-corrected chi connectivity index (χ3v) is 3.97. The Kier molecular flexibility index (Phi) is 21.4. The van der Waals surface area contributed by atoms with Gasteiger partial charge in [-0.15, -0.1) is 6.58 Å². The number of aliphatic hydroxyl groups is 3. The smallest absolute Gasteiger partial charge is 0.383 e. The van der Waals surface area contributed by atoms with E-state index in [9.17, 15) is 37.7 Å². The van der Waals surface area contributed by atoms with E-state index in [1.54, 1.807) is 0 Å². The average Bonchev–Trinajstić information content (AvgIpc) is 2.82. The summed E-state index contributed by atoms with van der Waals surface area (Å²) in [6.07, 6.45) is -10.6. The normalized spacial score (nSPS) is 14.7. The van der Waals surface area contributed by atoms with Gasteiger partial charge in [0.1, 0.15) is 38.3 Å². The van der Waals surface area contributed by atoms with Crippen molar-refractivity contribution in [3.8, 4) is 0 Å². The molecular formula is C22H39F4NO12. The van der Waals surface area contributed by atoms with Crippen LogP contribution in [0.5, 0.6) is 0 Å². The molecule has 232 valence electrons. The van der Waals surface area contributed by atoms with Gasteiger partial charge in [-0.3, -0.25) is 9.53 Å². The highest BCUT2D eigenvalue weighted by molar-refractivity contribution is 5.73. The van der Waals surface area contributed by atoms with E-state index in [2.05, 4.69) is 20.8 Å². The largest absolute Gasteiger partial charge is 0.388 e. The maximum atomic E-state index is 13.6. The third kappa shape index (κ3) is 25.2. The number of aliphatic hydroxyl groups excluding tert-OH is 3. The molecule has 0 radical (unpaired) electrons. The van der Waals surface area contributed by atoms with E-state index in [-0.39, 0.29) is 65.9 Å². The number of alkyl halides is 4. The molecule has 0 spiro atoms. The van der Waals surface area contributed by atoms with Crippen LogP contribution < -0.4 is 5.73 Å². The van der Waals surface area contributed by atoms with Crippen molar-refractivity contribution in [1.29, 1.82) is 0 Å². The fraction of sp³-hybridized carbons (Fsp3) is 0.864. The highest BCUT2D eigenvalue weighted by Crippen LogP contribution is 2.27. The lowest BCUT2D eigenvalue weighted by molar-refractivity contribution is -0.396. The third-order valence-electron chi connectivity index (χ3n) is 3.97. The van der Waals surface area contributed by atoms with Crippen molar-refractivity contribution < 1.29 is 75.6 Å². The minimum atomic E-state index is -4.40. The zero-order chi connectivity index (χ0) is 29.6. The Morgan fingerprint density at radius 1 is 0.718 bits per heavy atom. The molecule has 0 saturated heterocycles. The number of halogens is 4. The zero-order valence-electron chi connectivity index (χ0n) is 21.5. The van der Waals surface area contributed by atoms with Crippen molar-refractivity contribution in [2.45, 2.75) is 36.9 Å². The summed E-state index contributed by atoms with van der Waals surface area (Å²) in [6.45, 7) is -1.71. The van der Waals surface area contributed by atoms with Gasteiger partial charge in [-0.05, 0) is 0 Å². The highest BCUT2D eigenvalue weighted by atomic mass is 19.3. The molecule has 0 aliphatic rings. The topological polar surface area (TPSA) is 178 Å². The molecule has 13 nitrogen and oxygen atoms in total. The molecular weight excluding hydrogens is 546 g/mol. The van der Waals surface area contributed by atoms with Gasteiger partial charge in [0.2, 0.25) is 5.91 Å². The van der Waals surface area contributed by atoms with Crippen molar-refractivity contribution in [3.63, 3.8) is 0 Å². The molecule has 0 rings (SSSR count). The standard InChI is InChI=1S/C22H39F4NO12/c1-2-4-32-8-18(29)11-36-12-19(30)13-37-14-21(23,24)39-22(25,26)15-38-16-35-7-6-34-10-17(28)9-33-5-3-20(27)31/h2,17-19,28-30H,1,3-16H2,(H2,27,31). The molecule has 0 heterocycles. The molecule has 17 heteroatoms. The van der Waals surface area contributed by atoms with Crippen molar-refractivity contribution in [3.05, 3.63) is 12.7 Å². The van der Waals surface area contributed by atoms with E-state index in [0.29, 0.717) is 0 Å². The number of ether oxygens (including phenoxy) is 8. The minimum absolute atomic E-state index is 0.0124. The van der Waals surface area contributed by atoms with E-state index >= 15 is 0 Å². The quantitative estimate of drug-likeness (QED) is 0.0398. The Labute approximate surface area is 223 Å². The van der Waals surface area contributed by atoms with Crippen molar-refractivity contribution in [1.82, 2.24) is 0 Å². The van der Waals surface area contributed by atoms with Gasteiger partial charge in [0.15, 0.2) is 0 Å². The number of carbonyl (C=O) groups is 1. The average molecular weight is 586 g/mol. The number of nitrogens with two attached hydrogens (primary N) is 1. The Bertz CT molecular complexity index is 636. The molecule has 0 fully saturated rings. The van der Waals surface area contributed by atoms with Crippen molar-refractivity contribution in [2.24, 2.45) is 5.73 Å². The molecule has 39 heavy (non-hydrogen) atoms. The maximum Gasteiger partial charge on any atom is 0.383 e. The Morgan fingerprint density at radius 2 is 1.18 bits per heavy atom. The Balaban J connectivity index is 3.86. The van der Waals surface area contributed by atoms with Crippen LogP contribution in [0.15, 0.2) is 12.7 Å². The summed E-state index contributed by atoms with van der Waals surface area (Å²) in [6, 6.07) is 0. The van der Waals surface area contributed by atoms with Gasteiger partial charge in [0, 0.05) is 6.42 Å². The second-order valence-corrected chi connectivity index (χ2v) is 7.96. The molecule has 5 N–H and O–H groups in total. The van der Waals surface area contributed by atoms with E-state index < -0.39 is 63.0 Å². The van der Waals surface area contributed by atoms with Crippen molar-refractivity contribution in [2.75, 3.05) is 86.1 Å². The van der Waals surface area contributed by atoms with E-state index in [4.69, 9.17) is 29.4 Å². The summed E-state index contributed by atoms with van der Waals surface area (Å²) in [5.74, 6) is -0.540. The lowest BCUT2D eigenvalue weighted by atomic mass is 10.4. The summed E-state index contributed by atoms with van der Waals surface area (Å²) in [7, 11) is 0. The van der Waals surface area contributed by atoms with Crippen LogP contribution in [-0.2, 0) is 42.7 Å². The second kappa shape index (κ2) is 22.2. The van der Waals surface area contributed by atoms with Crippen LogP contribution in [0, 0.1) is 0 Å². The molecule has 0 saturated carbocycles. The first-order valence-corrected chi connectivity index (χ1v) is 11.8. The van der Waals surface area contributed by atoms with Gasteiger partial charge in [-0.25, -0.2) is 0 Å². The van der Waals surface area contributed by atoms with E-state index in [1.807, 2.05) is 0 Å². The minimum Gasteiger partial charge on any atom is -0.388 e. The lowest BCUT2D eigenvalue weighted by Gasteiger charge is -2.24. The fourth-order valence-corrected chi connectivity index (χ4v) is 2.37. The predicted molar refractivity (Wildman–Crippen MR) is 124 cm³/mol. The van der Waals surface area contributed by atoms with Gasteiger partial charge in [-0.1, -0.05) is 6.08 Å². The summed E-state index contributed by atoms with van der Waals surface area (Å²) in [4.78, 5) is 10.5. The van der Waals surface area contributed by atoms with Crippen LogP contribution in [0.2, 0.25) is 0 Å². The van der Waals surface area contributed by atoms with Crippen LogP contribution >= 0.6 is 0 Å². The second-order valence-electron chi connectivity index (χ2n) is 7.96. The first-order chi connectivity index (χ1) is 18.4. The van der Waals surface area contributed by atoms with Crippen LogP contribution in [0.4, 0.5) is 17.6 Å². The van der Waals surface area contributed by atoms with Gasteiger partial charge < -0.3 is 54.2 Å². The number of hydrogen-bond acceptors (Lipinski definition) is 12. The molecule has 0 aromatic heterocycles. The molecule has 0 aromatic carbocycles. The molecule has 0 aliphatic heterocycles.